The monoisotopic (exact) mass is 348 g/mol. The molecule has 0 spiro atoms. The Labute approximate surface area is 149 Å². The lowest BCUT2D eigenvalue weighted by molar-refractivity contribution is 0.0948. The molecule has 3 aromatic rings. The van der Waals surface area contributed by atoms with Crippen LogP contribution in [0, 0.1) is 25.2 Å². The fourth-order valence-electron chi connectivity index (χ4n) is 2.61. The minimum atomic E-state index is -0.499. The second-order valence-electron chi connectivity index (χ2n) is 5.80. The molecule has 0 fully saturated rings. The Hall–Kier alpha value is -3.66. The van der Waals surface area contributed by atoms with Crippen LogP contribution in [-0.4, -0.2) is 15.6 Å². The first-order chi connectivity index (χ1) is 12.5. The zero-order valence-corrected chi connectivity index (χ0v) is 14.3. The SMILES string of the molecule is Cc1cc(CNC(=O)c2ccc(C)n(-c3cccc(C#N)c3)c2=O)no1. The van der Waals surface area contributed by atoms with Gasteiger partial charge in [0.1, 0.15) is 17.0 Å². The standard InChI is InChI=1S/C19H16N4O3/c1-12-6-7-17(18(24)21-11-15-8-13(2)26-22-15)19(25)23(12)16-5-3-4-14(9-16)10-20/h3-9H,11H2,1-2H3,(H,21,24). The summed E-state index contributed by atoms with van der Waals surface area (Å²) in [5.41, 5.74) is 1.77. The lowest BCUT2D eigenvalue weighted by atomic mass is 10.1. The summed E-state index contributed by atoms with van der Waals surface area (Å²) in [6.45, 7) is 3.68. The van der Waals surface area contributed by atoms with E-state index in [1.165, 1.54) is 10.6 Å². The number of amides is 1. The summed E-state index contributed by atoms with van der Waals surface area (Å²) < 4.78 is 6.36. The summed E-state index contributed by atoms with van der Waals surface area (Å²) >= 11 is 0. The number of aromatic nitrogens is 2. The van der Waals surface area contributed by atoms with E-state index in [0.717, 1.165) is 0 Å². The van der Waals surface area contributed by atoms with Gasteiger partial charge in [-0.1, -0.05) is 11.2 Å². The molecule has 0 saturated carbocycles. The van der Waals surface area contributed by atoms with Crippen molar-refractivity contribution in [2.45, 2.75) is 20.4 Å². The number of hydrogen-bond donors (Lipinski definition) is 1. The van der Waals surface area contributed by atoms with E-state index >= 15 is 0 Å². The van der Waals surface area contributed by atoms with Gasteiger partial charge < -0.3 is 9.84 Å². The van der Waals surface area contributed by atoms with E-state index in [4.69, 9.17) is 9.78 Å². The van der Waals surface area contributed by atoms with Crippen molar-refractivity contribution in [3.05, 3.63) is 81.1 Å². The van der Waals surface area contributed by atoms with E-state index in [2.05, 4.69) is 10.5 Å². The first kappa shape index (κ1) is 17.2. The van der Waals surface area contributed by atoms with Crippen LogP contribution in [0.5, 0.6) is 0 Å². The van der Waals surface area contributed by atoms with E-state index in [1.807, 2.05) is 6.07 Å². The molecule has 1 amide bonds. The van der Waals surface area contributed by atoms with Crippen molar-refractivity contribution in [3.63, 3.8) is 0 Å². The molecule has 1 N–H and O–H groups in total. The average molecular weight is 348 g/mol. The Morgan fingerprint density at radius 1 is 1.27 bits per heavy atom. The van der Waals surface area contributed by atoms with Gasteiger partial charge in [0.25, 0.3) is 11.5 Å². The van der Waals surface area contributed by atoms with Crippen LogP contribution in [0.2, 0.25) is 0 Å². The Bertz CT molecular complexity index is 1070. The van der Waals surface area contributed by atoms with Crippen molar-refractivity contribution in [1.29, 1.82) is 5.26 Å². The molecule has 3 rings (SSSR count). The van der Waals surface area contributed by atoms with E-state index in [9.17, 15) is 9.59 Å². The molecular formula is C19H16N4O3. The molecule has 0 atom stereocenters. The predicted octanol–water partition coefficient (Wildman–Crippen LogP) is 2.24. The minimum Gasteiger partial charge on any atom is -0.361 e. The Kier molecular flexibility index (Phi) is 4.67. The fraction of sp³-hybridized carbons (Fsp3) is 0.158. The number of carbonyl (C=O) groups excluding carboxylic acids is 1. The second kappa shape index (κ2) is 7.07. The quantitative estimate of drug-likeness (QED) is 0.779. The van der Waals surface area contributed by atoms with E-state index in [0.29, 0.717) is 28.4 Å². The van der Waals surface area contributed by atoms with E-state index in [1.54, 1.807) is 50.2 Å². The van der Waals surface area contributed by atoms with Crippen molar-refractivity contribution < 1.29 is 9.32 Å². The van der Waals surface area contributed by atoms with Crippen LogP contribution >= 0.6 is 0 Å². The normalized spacial score (nSPS) is 10.3. The van der Waals surface area contributed by atoms with Crippen LogP contribution in [0.3, 0.4) is 0 Å². The maximum Gasteiger partial charge on any atom is 0.268 e. The highest BCUT2D eigenvalue weighted by molar-refractivity contribution is 5.93. The van der Waals surface area contributed by atoms with Crippen LogP contribution in [0.4, 0.5) is 0 Å². The third-order valence-corrected chi connectivity index (χ3v) is 3.86. The number of rotatable bonds is 4. The van der Waals surface area contributed by atoms with Gasteiger partial charge in [-0.2, -0.15) is 5.26 Å². The molecule has 0 saturated heterocycles. The number of nitrogens with zero attached hydrogens (tertiary/aromatic N) is 3. The summed E-state index contributed by atoms with van der Waals surface area (Å²) in [5.74, 6) is 0.144. The molecule has 1 aromatic carbocycles. The molecule has 0 aliphatic rings. The summed E-state index contributed by atoms with van der Waals surface area (Å²) in [4.78, 5) is 25.3. The highest BCUT2D eigenvalue weighted by Gasteiger charge is 2.15. The summed E-state index contributed by atoms with van der Waals surface area (Å²) in [6.07, 6.45) is 0. The van der Waals surface area contributed by atoms with Crippen molar-refractivity contribution in [2.24, 2.45) is 0 Å². The number of nitrogens with one attached hydrogen (secondary N) is 1. The van der Waals surface area contributed by atoms with Crippen molar-refractivity contribution >= 4 is 5.91 Å². The maximum atomic E-state index is 12.8. The number of hydrogen-bond acceptors (Lipinski definition) is 5. The molecule has 2 heterocycles. The number of pyridine rings is 1. The molecule has 7 nitrogen and oxygen atoms in total. The highest BCUT2D eigenvalue weighted by Crippen LogP contribution is 2.11. The lowest BCUT2D eigenvalue weighted by Crippen LogP contribution is -2.33. The second-order valence-corrected chi connectivity index (χ2v) is 5.80. The van der Waals surface area contributed by atoms with Gasteiger partial charge in [0.05, 0.1) is 23.9 Å². The van der Waals surface area contributed by atoms with Crippen LogP contribution in [0.1, 0.15) is 33.1 Å². The third kappa shape index (κ3) is 3.39. The minimum absolute atomic E-state index is 0.0122. The molecule has 0 unspecified atom stereocenters. The highest BCUT2D eigenvalue weighted by atomic mass is 16.5. The van der Waals surface area contributed by atoms with Gasteiger partial charge >= 0.3 is 0 Å². The van der Waals surface area contributed by atoms with Gasteiger partial charge in [-0.05, 0) is 44.2 Å². The largest absolute Gasteiger partial charge is 0.361 e. The van der Waals surface area contributed by atoms with E-state index < -0.39 is 11.5 Å². The smallest absolute Gasteiger partial charge is 0.268 e. The maximum absolute atomic E-state index is 12.8. The van der Waals surface area contributed by atoms with Gasteiger partial charge in [-0.15, -0.1) is 0 Å². The number of carbonyl (C=O) groups is 1. The topological polar surface area (TPSA) is 101 Å². The van der Waals surface area contributed by atoms with Crippen molar-refractivity contribution in [1.82, 2.24) is 15.0 Å². The summed E-state index contributed by atoms with van der Waals surface area (Å²) in [6, 6.07) is 13.6. The molecule has 0 bridgehead atoms. The zero-order valence-electron chi connectivity index (χ0n) is 14.3. The Balaban J connectivity index is 1.93. The molecule has 0 aliphatic carbocycles. The van der Waals surface area contributed by atoms with Gasteiger partial charge in [-0.25, -0.2) is 0 Å². The van der Waals surface area contributed by atoms with Gasteiger partial charge in [0, 0.05) is 11.8 Å². The van der Waals surface area contributed by atoms with Crippen LogP contribution in [-0.2, 0) is 6.54 Å². The summed E-state index contributed by atoms with van der Waals surface area (Å²) in [5, 5.41) is 15.5. The number of nitriles is 1. The van der Waals surface area contributed by atoms with Gasteiger partial charge in [0.2, 0.25) is 0 Å². The third-order valence-electron chi connectivity index (χ3n) is 3.86. The van der Waals surface area contributed by atoms with Crippen LogP contribution < -0.4 is 10.9 Å². The summed E-state index contributed by atoms with van der Waals surface area (Å²) in [7, 11) is 0. The average Bonchev–Trinajstić information content (AvgIpc) is 3.05. The Morgan fingerprint density at radius 2 is 2.08 bits per heavy atom. The molecule has 0 aliphatic heterocycles. The molecule has 26 heavy (non-hydrogen) atoms. The van der Waals surface area contributed by atoms with Crippen molar-refractivity contribution in [2.75, 3.05) is 0 Å². The molecule has 7 heteroatoms. The van der Waals surface area contributed by atoms with Gasteiger partial charge in [-0.3, -0.25) is 14.2 Å². The number of aryl methyl sites for hydroxylation is 2. The predicted molar refractivity (Wildman–Crippen MR) is 93.9 cm³/mol. The Morgan fingerprint density at radius 3 is 2.77 bits per heavy atom. The lowest BCUT2D eigenvalue weighted by Gasteiger charge is -2.12. The molecule has 0 radical (unpaired) electrons. The first-order valence-electron chi connectivity index (χ1n) is 7.93. The van der Waals surface area contributed by atoms with Crippen molar-refractivity contribution in [3.8, 4) is 11.8 Å². The van der Waals surface area contributed by atoms with Crippen LogP contribution in [0.15, 0.2) is 51.8 Å². The van der Waals surface area contributed by atoms with E-state index in [-0.39, 0.29) is 12.1 Å². The first-order valence-corrected chi connectivity index (χ1v) is 7.93. The molecular weight excluding hydrogens is 332 g/mol. The van der Waals surface area contributed by atoms with Crippen LogP contribution in [0.25, 0.3) is 5.69 Å². The van der Waals surface area contributed by atoms with Gasteiger partial charge in [0.15, 0.2) is 0 Å². The number of benzene rings is 1. The fourth-order valence-corrected chi connectivity index (χ4v) is 2.61. The molecule has 2 aromatic heterocycles. The molecule has 130 valence electrons. The zero-order chi connectivity index (χ0) is 18.7.